The molecule has 1 aromatic carbocycles. The van der Waals surface area contributed by atoms with Crippen LogP contribution in [0.4, 0.5) is 4.39 Å². The first-order valence-corrected chi connectivity index (χ1v) is 19.4. The average molecular weight is 722 g/mol. The van der Waals surface area contributed by atoms with Crippen LogP contribution in [0.3, 0.4) is 0 Å². The summed E-state index contributed by atoms with van der Waals surface area (Å²) in [6.07, 6.45) is 8.55. The van der Waals surface area contributed by atoms with E-state index < -0.39 is 40.9 Å². The van der Waals surface area contributed by atoms with Crippen molar-refractivity contribution in [1.29, 1.82) is 0 Å². The number of carbonyl (C=O) groups excluding carboxylic acids is 4. The molecule has 3 unspecified atom stereocenters. The molecule has 286 valence electrons. The number of nitrogens with one attached hydrogen (secondary N) is 1. The van der Waals surface area contributed by atoms with Crippen molar-refractivity contribution in [3.8, 4) is 0 Å². The highest BCUT2D eigenvalue weighted by atomic mass is 19.1. The molecule has 0 radical (unpaired) electrons. The molecule has 0 bridgehead atoms. The number of ether oxygens (including phenoxy) is 3. The molecule has 5 aliphatic rings. The van der Waals surface area contributed by atoms with Crippen molar-refractivity contribution in [3.05, 3.63) is 47.3 Å². The van der Waals surface area contributed by atoms with Crippen molar-refractivity contribution >= 4 is 23.8 Å². The molecule has 8 nitrogen and oxygen atoms in total. The Balaban J connectivity index is 1.39. The van der Waals surface area contributed by atoms with Crippen LogP contribution >= 0.6 is 0 Å². The Bertz CT molecular complexity index is 1650. The fraction of sp³-hybridized carbons (Fsp3) is 0.721. The number of carbonyl (C=O) groups is 4. The van der Waals surface area contributed by atoms with E-state index >= 15 is 0 Å². The van der Waals surface area contributed by atoms with Gasteiger partial charge in [0.2, 0.25) is 5.91 Å². The van der Waals surface area contributed by atoms with Crippen LogP contribution in [0, 0.1) is 56.1 Å². The molecule has 0 heterocycles. The topological polar surface area (TPSA) is 108 Å². The van der Waals surface area contributed by atoms with E-state index in [1.807, 2.05) is 13.0 Å². The number of allylic oxidation sites excluding steroid dienone is 2. The third kappa shape index (κ3) is 6.19. The van der Waals surface area contributed by atoms with Crippen LogP contribution < -0.4 is 5.32 Å². The lowest BCUT2D eigenvalue weighted by molar-refractivity contribution is -0.255. The van der Waals surface area contributed by atoms with E-state index in [1.165, 1.54) is 38.5 Å². The number of esters is 3. The van der Waals surface area contributed by atoms with E-state index in [9.17, 15) is 23.6 Å². The fourth-order valence-electron chi connectivity index (χ4n) is 12.7. The molecule has 9 heteroatoms. The van der Waals surface area contributed by atoms with Gasteiger partial charge in [0.1, 0.15) is 24.6 Å². The van der Waals surface area contributed by atoms with Gasteiger partial charge >= 0.3 is 17.9 Å². The number of amides is 1. The van der Waals surface area contributed by atoms with E-state index in [1.54, 1.807) is 6.07 Å². The molecule has 0 spiro atoms. The van der Waals surface area contributed by atoms with E-state index in [0.29, 0.717) is 13.0 Å². The van der Waals surface area contributed by atoms with Gasteiger partial charge in [0.25, 0.3) is 0 Å². The number of halogens is 1. The van der Waals surface area contributed by atoms with Crippen molar-refractivity contribution in [1.82, 2.24) is 5.32 Å². The van der Waals surface area contributed by atoms with Gasteiger partial charge in [-0.15, -0.1) is 0 Å². The second-order valence-corrected chi connectivity index (χ2v) is 18.9. The number of benzene rings is 1. The van der Waals surface area contributed by atoms with Gasteiger partial charge < -0.3 is 19.5 Å². The molecule has 1 amide bonds. The van der Waals surface area contributed by atoms with E-state index in [0.717, 1.165) is 56.9 Å². The molecule has 6 rings (SSSR count). The number of hydrogen-bond donors (Lipinski definition) is 1. The molecule has 4 fully saturated rings. The lowest BCUT2D eigenvalue weighted by Crippen LogP contribution is -2.69. The highest BCUT2D eigenvalue weighted by Gasteiger charge is 2.71. The van der Waals surface area contributed by atoms with Gasteiger partial charge in [-0.25, -0.2) is 4.39 Å². The second-order valence-electron chi connectivity index (χ2n) is 18.9. The van der Waals surface area contributed by atoms with Gasteiger partial charge in [0, 0.05) is 32.7 Å². The van der Waals surface area contributed by atoms with Crippen LogP contribution in [-0.2, 0) is 39.9 Å². The van der Waals surface area contributed by atoms with Gasteiger partial charge in [-0.1, -0.05) is 65.3 Å². The number of rotatable bonds is 7. The molecule has 0 aromatic heterocycles. The molecule has 1 N–H and O–H groups in total. The number of fused-ring (bicyclic) bond motifs is 7. The first kappa shape index (κ1) is 38.5. The summed E-state index contributed by atoms with van der Waals surface area (Å²) in [5.74, 6) is -1.21. The Morgan fingerprint density at radius 1 is 0.846 bits per heavy atom. The molecule has 0 saturated heterocycles. The summed E-state index contributed by atoms with van der Waals surface area (Å²) in [6, 6.07) is 6.44. The maximum absolute atomic E-state index is 14.5. The summed E-state index contributed by atoms with van der Waals surface area (Å²) in [4.78, 5) is 51.8. The lowest BCUT2D eigenvalue weighted by Gasteiger charge is -2.71. The third-order valence-electron chi connectivity index (χ3n) is 15.3. The van der Waals surface area contributed by atoms with Crippen LogP contribution in [-0.4, -0.2) is 42.6 Å². The van der Waals surface area contributed by atoms with Crippen LogP contribution in [0.2, 0.25) is 0 Å². The largest absolute Gasteiger partial charge is 0.465 e. The first-order chi connectivity index (χ1) is 24.2. The van der Waals surface area contributed by atoms with Crippen molar-refractivity contribution in [3.63, 3.8) is 0 Å². The second kappa shape index (κ2) is 13.3. The summed E-state index contributed by atoms with van der Waals surface area (Å²) in [5, 5.41) is 3.25. The smallest absolute Gasteiger partial charge is 0.303 e. The zero-order valence-corrected chi connectivity index (χ0v) is 32.8. The molecular weight excluding hydrogens is 661 g/mol. The van der Waals surface area contributed by atoms with Crippen molar-refractivity contribution < 1.29 is 37.8 Å². The average Bonchev–Trinajstić information content (AvgIpc) is 3.04. The normalized spacial score (nSPS) is 40.3. The summed E-state index contributed by atoms with van der Waals surface area (Å²) in [7, 11) is 0. The zero-order chi connectivity index (χ0) is 38.1. The van der Waals surface area contributed by atoms with E-state index in [-0.39, 0.29) is 57.7 Å². The molecule has 52 heavy (non-hydrogen) atoms. The van der Waals surface area contributed by atoms with Crippen molar-refractivity contribution in [2.24, 2.45) is 50.2 Å². The van der Waals surface area contributed by atoms with Crippen LogP contribution in [0.25, 0.3) is 0 Å². The molecule has 1 aromatic rings. The van der Waals surface area contributed by atoms with E-state index in [2.05, 4.69) is 46.0 Å². The maximum atomic E-state index is 14.5. The predicted octanol–water partition coefficient (Wildman–Crippen LogP) is 8.26. The molecule has 10 atom stereocenters. The Labute approximate surface area is 309 Å². The lowest BCUT2D eigenvalue weighted by atomic mass is 9.33. The molecule has 0 aliphatic heterocycles. The summed E-state index contributed by atoms with van der Waals surface area (Å²) in [5.41, 5.74) is 0.298. The first-order valence-electron chi connectivity index (χ1n) is 19.4. The van der Waals surface area contributed by atoms with Gasteiger partial charge in [0.15, 0.2) is 0 Å². The van der Waals surface area contributed by atoms with Crippen LogP contribution in [0.15, 0.2) is 35.9 Å². The number of hydrogen-bond acceptors (Lipinski definition) is 7. The minimum Gasteiger partial charge on any atom is -0.465 e. The van der Waals surface area contributed by atoms with Gasteiger partial charge in [-0.05, 0) is 115 Å². The van der Waals surface area contributed by atoms with E-state index in [4.69, 9.17) is 14.2 Å². The maximum Gasteiger partial charge on any atom is 0.303 e. The van der Waals surface area contributed by atoms with Gasteiger partial charge in [0.05, 0.1) is 5.41 Å². The Morgan fingerprint density at radius 2 is 1.54 bits per heavy atom. The molecule has 4 saturated carbocycles. The minimum absolute atomic E-state index is 0.0250. The minimum atomic E-state index is -0.786. The highest BCUT2D eigenvalue weighted by Crippen LogP contribution is 2.76. The van der Waals surface area contributed by atoms with Crippen LogP contribution in [0.5, 0.6) is 0 Å². The predicted molar refractivity (Wildman–Crippen MR) is 195 cm³/mol. The van der Waals surface area contributed by atoms with Gasteiger partial charge in [-0.2, -0.15) is 0 Å². The standard InChI is InChI=1S/C43H60FNO7/c1-26(46)50-25-40(7)34-15-16-42(9)35(39(34,6)23-33(51-27(2)47)36(40)52-28(3)48)14-13-31-32-22-38(4,5)17-19-43(32,20-18-41(31,42)8)37(49)45-24-29-11-10-12-30(44)21-29/h10-13,21,32-36H,14-20,22-25H2,1-9H3,(H,45,49)/t32?,33-,34?,35?,36+,39+,40+,41-,42-,43+/m1/s1. The Morgan fingerprint density at radius 3 is 2.19 bits per heavy atom. The molecular formula is C43H60FNO7. The SMILES string of the molecule is CC(=O)OC[C@@]1(C)C2CC[C@]3(C)C(CC=C4C5CC(C)(C)CC[C@]5(C(=O)NCc5cccc(F)c5)CC[C@]43C)[C@@]2(C)C[C@@H](OC(C)=O)[C@@H]1OC(C)=O. The fourth-order valence-corrected chi connectivity index (χ4v) is 12.7. The van der Waals surface area contributed by atoms with Crippen molar-refractivity contribution in [2.75, 3.05) is 6.61 Å². The quantitative estimate of drug-likeness (QED) is 0.172. The monoisotopic (exact) mass is 721 g/mol. The summed E-state index contributed by atoms with van der Waals surface area (Å²) >= 11 is 0. The Hall–Kier alpha value is -3.23. The zero-order valence-electron chi connectivity index (χ0n) is 32.8. The summed E-state index contributed by atoms with van der Waals surface area (Å²) in [6.45, 7) is 18.4. The van der Waals surface area contributed by atoms with Crippen molar-refractivity contribution in [2.45, 2.75) is 139 Å². The Kier molecular flexibility index (Phi) is 9.82. The van der Waals surface area contributed by atoms with Crippen LogP contribution in [0.1, 0.15) is 126 Å². The third-order valence-corrected chi connectivity index (χ3v) is 15.3. The molecule has 5 aliphatic carbocycles. The summed E-state index contributed by atoms with van der Waals surface area (Å²) < 4.78 is 31.8. The highest BCUT2D eigenvalue weighted by molar-refractivity contribution is 5.84. The van der Waals surface area contributed by atoms with Gasteiger partial charge in [-0.3, -0.25) is 19.2 Å².